The van der Waals surface area contributed by atoms with Crippen molar-refractivity contribution in [2.45, 2.75) is 19.4 Å². The molecule has 0 aliphatic heterocycles. The van der Waals surface area contributed by atoms with Crippen molar-refractivity contribution in [3.63, 3.8) is 0 Å². The fraction of sp³-hybridized carbons (Fsp3) is 0.250. The quantitative estimate of drug-likeness (QED) is 0.417. The molecule has 0 saturated heterocycles. The molecule has 32 heavy (non-hydrogen) atoms. The summed E-state index contributed by atoms with van der Waals surface area (Å²) in [5, 5.41) is 14.2. The Kier molecular flexibility index (Phi) is 7.88. The van der Waals surface area contributed by atoms with Gasteiger partial charge in [0.05, 0.1) is 11.8 Å². The van der Waals surface area contributed by atoms with Gasteiger partial charge in [-0.2, -0.15) is 0 Å². The summed E-state index contributed by atoms with van der Waals surface area (Å²) in [6.07, 6.45) is 3.17. The highest BCUT2D eigenvalue weighted by atomic mass is 16.5. The average Bonchev–Trinajstić information content (AvgIpc) is 2.80. The molecule has 0 aliphatic carbocycles. The Labute approximate surface area is 185 Å². The molecule has 0 fully saturated rings. The van der Waals surface area contributed by atoms with Crippen LogP contribution in [0.1, 0.15) is 18.4 Å². The monoisotopic (exact) mass is 435 g/mol. The van der Waals surface area contributed by atoms with Crippen molar-refractivity contribution in [3.8, 4) is 0 Å². The van der Waals surface area contributed by atoms with E-state index >= 15 is 0 Å². The summed E-state index contributed by atoms with van der Waals surface area (Å²) in [6.45, 7) is -0.0605. The molecular formula is C24H25N3O5. The average molecular weight is 435 g/mol. The summed E-state index contributed by atoms with van der Waals surface area (Å²) in [7, 11) is 0. The lowest BCUT2D eigenvalue weighted by atomic mass is 9.87. The minimum absolute atomic E-state index is 0.0539. The molecule has 8 nitrogen and oxygen atoms in total. The number of rotatable bonds is 10. The van der Waals surface area contributed by atoms with Gasteiger partial charge >= 0.3 is 11.9 Å². The number of carbonyl (C=O) groups is 3. The topological polar surface area (TPSA) is 132 Å². The van der Waals surface area contributed by atoms with Crippen LogP contribution in [0.2, 0.25) is 0 Å². The van der Waals surface area contributed by atoms with Gasteiger partial charge in [0.15, 0.2) is 0 Å². The van der Waals surface area contributed by atoms with Crippen molar-refractivity contribution in [1.29, 1.82) is 0 Å². The van der Waals surface area contributed by atoms with Gasteiger partial charge in [0.1, 0.15) is 6.61 Å². The lowest BCUT2D eigenvalue weighted by molar-refractivity contribution is -0.149. The number of aromatic nitrogens is 1. The van der Waals surface area contributed by atoms with Crippen molar-refractivity contribution in [1.82, 2.24) is 4.98 Å². The number of aliphatic carboxylic acids is 1. The van der Waals surface area contributed by atoms with Gasteiger partial charge in [0.25, 0.3) is 0 Å². The van der Waals surface area contributed by atoms with Crippen molar-refractivity contribution < 1.29 is 24.2 Å². The molecule has 1 amide bonds. The summed E-state index contributed by atoms with van der Waals surface area (Å²) < 4.78 is 5.20. The van der Waals surface area contributed by atoms with Crippen LogP contribution in [0.3, 0.4) is 0 Å². The number of nitrogens with two attached hydrogens (primary N) is 1. The molecule has 1 heterocycles. The fourth-order valence-electron chi connectivity index (χ4n) is 3.43. The number of carboxylic acids is 1. The molecule has 3 rings (SSSR count). The summed E-state index contributed by atoms with van der Waals surface area (Å²) in [6, 6.07) is 16.3. The number of amides is 1. The highest BCUT2D eigenvalue weighted by Gasteiger charge is 2.33. The number of esters is 1. The predicted octanol–water partition coefficient (Wildman–Crippen LogP) is 2.97. The Bertz CT molecular complexity index is 1090. The van der Waals surface area contributed by atoms with Gasteiger partial charge in [0.2, 0.25) is 5.91 Å². The number of hydrogen-bond donors (Lipinski definition) is 3. The van der Waals surface area contributed by atoms with Crippen LogP contribution in [-0.2, 0) is 25.7 Å². The Hall–Kier alpha value is -3.78. The number of carbonyl (C=O) groups excluding carboxylic acids is 2. The molecule has 0 saturated carbocycles. The molecule has 2 unspecified atom stereocenters. The molecule has 4 N–H and O–H groups in total. The fourth-order valence-corrected chi connectivity index (χ4v) is 3.43. The van der Waals surface area contributed by atoms with Gasteiger partial charge in [-0.25, -0.2) is 0 Å². The third kappa shape index (κ3) is 6.12. The van der Waals surface area contributed by atoms with Crippen molar-refractivity contribution in [2.75, 3.05) is 11.9 Å². The van der Waals surface area contributed by atoms with Crippen LogP contribution < -0.4 is 11.1 Å². The number of nitrogens with one attached hydrogen (secondary N) is 1. The molecular weight excluding hydrogens is 410 g/mol. The molecule has 0 bridgehead atoms. The Morgan fingerprint density at radius 3 is 2.53 bits per heavy atom. The summed E-state index contributed by atoms with van der Waals surface area (Å²) in [5.41, 5.74) is 7.11. The highest BCUT2D eigenvalue weighted by Crippen LogP contribution is 2.23. The Balaban J connectivity index is 1.60. The minimum Gasteiger partial charge on any atom is -0.481 e. The number of hydrogen-bond acceptors (Lipinski definition) is 6. The molecule has 0 spiro atoms. The molecule has 3 aromatic rings. The third-order valence-electron chi connectivity index (χ3n) is 5.20. The number of fused-ring (bicyclic) bond motifs is 1. The first kappa shape index (κ1) is 22.9. The van der Waals surface area contributed by atoms with Crippen molar-refractivity contribution in [3.05, 3.63) is 72.6 Å². The van der Waals surface area contributed by atoms with E-state index < -0.39 is 29.7 Å². The maximum Gasteiger partial charge on any atom is 0.307 e. The molecule has 2 aromatic carbocycles. The van der Waals surface area contributed by atoms with Gasteiger partial charge in [-0.3, -0.25) is 19.4 Å². The van der Waals surface area contributed by atoms with Gasteiger partial charge in [-0.1, -0.05) is 36.4 Å². The van der Waals surface area contributed by atoms with Crippen LogP contribution in [0.25, 0.3) is 10.8 Å². The van der Waals surface area contributed by atoms with Gasteiger partial charge < -0.3 is 20.9 Å². The Morgan fingerprint density at radius 2 is 1.81 bits per heavy atom. The normalized spacial score (nSPS) is 12.7. The Morgan fingerprint density at radius 1 is 1.03 bits per heavy atom. The van der Waals surface area contributed by atoms with Crippen LogP contribution in [0.5, 0.6) is 0 Å². The predicted molar refractivity (Wildman–Crippen MR) is 120 cm³/mol. The summed E-state index contributed by atoms with van der Waals surface area (Å²) in [5.74, 6) is -4.34. The standard InChI is InChI=1S/C24H25N3O5/c25-13-21(23(29)27-19-7-6-18-14-26-11-10-17(18)12-19)20(24(30)31)8-9-22(28)32-15-16-4-2-1-3-5-16/h1-7,10-12,14,20-21H,8-9,13,15,25H2,(H,27,29)(H,30,31). The van der Waals surface area contributed by atoms with Gasteiger partial charge in [0, 0.05) is 36.4 Å². The lowest BCUT2D eigenvalue weighted by Crippen LogP contribution is -2.39. The summed E-state index contributed by atoms with van der Waals surface area (Å²) in [4.78, 5) is 40.8. The largest absolute Gasteiger partial charge is 0.481 e. The molecule has 8 heteroatoms. The van der Waals surface area contributed by atoms with E-state index in [4.69, 9.17) is 10.5 Å². The number of carboxylic acid groups (broad SMARTS) is 1. The third-order valence-corrected chi connectivity index (χ3v) is 5.20. The minimum atomic E-state index is -1.18. The van der Waals surface area contributed by atoms with E-state index in [9.17, 15) is 19.5 Å². The van der Waals surface area contributed by atoms with E-state index in [1.807, 2.05) is 42.5 Å². The first-order valence-electron chi connectivity index (χ1n) is 10.2. The van der Waals surface area contributed by atoms with Crippen LogP contribution in [0, 0.1) is 11.8 Å². The smallest absolute Gasteiger partial charge is 0.307 e. The lowest BCUT2D eigenvalue weighted by Gasteiger charge is -2.22. The number of nitrogens with zero attached hydrogens (tertiary/aromatic N) is 1. The SMILES string of the molecule is NCC(C(=O)Nc1ccc2cnccc2c1)C(CCC(=O)OCc1ccccc1)C(=O)O. The van der Waals surface area contributed by atoms with E-state index in [1.54, 1.807) is 24.5 Å². The van der Waals surface area contributed by atoms with Crippen molar-refractivity contribution in [2.24, 2.45) is 17.6 Å². The second-order valence-corrected chi connectivity index (χ2v) is 7.40. The molecule has 2 atom stereocenters. The number of benzene rings is 2. The first-order chi connectivity index (χ1) is 15.5. The maximum atomic E-state index is 12.8. The number of ether oxygens (including phenoxy) is 1. The van der Waals surface area contributed by atoms with Crippen LogP contribution in [-0.4, -0.2) is 34.5 Å². The second kappa shape index (κ2) is 11.0. The highest BCUT2D eigenvalue weighted by molar-refractivity contribution is 5.97. The summed E-state index contributed by atoms with van der Waals surface area (Å²) >= 11 is 0. The van der Waals surface area contributed by atoms with Crippen LogP contribution in [0.4, 0.5) is 5.69 Å². The van der Waals surface area contributed by atoms with Crippen LogP contribution in [0.15, 0.2) is 67.0 Å². The molecule has 166 valence electrons. The van der Waals surface area contributed by atoms with E-state index in [-0.39, 0.29) is 26.0 Å². The molecule has 1 aromatic heterocycles. The van der Waals surface area contributed by atoms with Crippen molar-refractivity contribution >= 4 is 34.3 Å². The molecule has 0 radical (unpaired) electrons. The molecule has 0 aliphatic rings. The number of anilines is 1. The van der Waals surface area contributed by atoms with E-state index in [0.29, 0.717) is 5.69 Å². The van der Waals surface area contributed by atoms with E-state index in [0.717, 1.165) is 16.3 Å². The van der Waals surface area contributed by atoms with Gasteiger partial charge in [-0.05, 0) is 35.6 Å². The zero-order chi connectivity index (χ0) is 22.9. The maximum absolute atomic E-state index is 12.8. The zero-order valence-electron chi connectivity index (χ0n) is 17.4. The first-order valence-corrected chi connectivity index (χ1v) is 10.2. The zero-order valence-corrected chi connectivity index (χ0v) is 17.4. The van der Waals surface area contributed by atoms with Gasteiger partial charge in [-0.15, -0.1) is 0 Å². The van der Waals surface area contributed by atoms with Crippen LogP contribution >= 0.6 is 0 Å². The number of pyridine rings is 1. The van der Waals surface area contributed by atoms with E-state index in [1.165, 1.54) is 0 Å². The van der Waals surface area contributed by atoms with E-state index in [2.05, 4.69) is 10.3 Å². The second-order valence-electron chi connectivity index (χ2n) is 7.40.